The molecule has 0 aliphatic carbocycles. The van der Waals surface area contributed by atoms with E-state index < -0.39 is 0 Å². The zero-order valence-electron chi connectivity index (χ0n) is 74.4. The smallest absolute Gasteiger partial charge is 0.235 e. The van der Waals surface area contributed by atoms with E-state index in [2.05, 4.69) is 457 Å². The molecule has 0 atom stereocenters. The Balaban J connectivity index is 0.000000102. The number of furan rings is 1. The molecule has 23 aromatic carbocycles. The molecule has 0 saturated carbocycles. The zero-order valence-corrected chi connectivity index (χ0v) is 74.4. The van der Waals surface area contributed by atoms with Gasteiger partial charge < -0.3 is 13.6 Å². The predicted octanol–water partition coefficient (Wildman–Crippen LogP) is 33.6. The van der Waals surface area contributed by atoms with Crippen LogP contribution in [-0.4, -0.2) is 43.6 Å². The molecular formula is C128H77N9O. The molecule has 0 amide bonds. The molecule has 10 nitrogen and oxygen atoms in total. The third-order valence-corrected chi connectivity index (χ3v) is 28.1. The molecular weight excluding hydrogens is 1680 g/mol. The summed E-state index contributed by atoms with van der Waals surface area (Å²) in [4.78, 5) is 31.2. The zero-order chi connectivity index (χ0) is 90.6. The van der Waals surface area contributed by atoms with E-state index in [9.17, 15) is 0 Å². The highest BCUT2D eigenvalue weighted by atomic mass is 16.3. The number of para-hydroxylation sites is 4. The molecule has 640 valence electrons. The number of hydrogen-bond donors (Lipinski definition) is 0. The van der Waals surface area contributed by atoms with Crippen LogP contribution in [0.4, 0.5) is 0 Å². The van der Waals surface area contributed by atoms with E-state index in [0.717, 1.165) is 133 Å². The van der Waals surface area contributed by atoms with Crippen LogP contribution in [-0.2, 0) is 0 Å². The lowest BCUT2D eigenvalue weighted by Crippen LogP contribution is -2.03. The van der Waals surface area contributed by atoms with Gasteiger partial charge >= 0.3 is 0 Å². The fourth-order valence-electron chi connectivity index (χ4n) is 21.9. The molecule has 0 N–H and O–H groups in total. The molecule has 0 unspecified atom stereocenters. The summed E-state index contributed by atoms with van der Waals surface area (Å²) in [7, 11) is 0. The molecule has 138 heavy (non-hydrogen) atoms. The van der Waals surface area contributed by atoms with Crippen LogP contribution in [0.25, 0.3) is 280 Å². The van der Waals surface area contributed by atoms with E-state index in [1.165, 1.54) is 135 Å². The molecule has 10 heteroatoms. The van der Waals surface area contributed by atoms with Crippen LogP contribution in [0.15, 0.2) is 472 Å². The average Bonchev–Trinajstić information content (AvgIpc) is 1.53. The Labute approximate surface area is 789 Å². The first-order valence-electron chi connectivity index (χ1n) is 46.9. The summed E-state index contributed by atoms with van der Waals surface area (Å²) >= 11 is 0. The molecule has 0 bridgehead atoms. The minimum absolute atomic E-state index is 0.620. The van der Waals surface area contributed by atoms with E-state index in [1.54, 1.807) is 0 Å². The largest absolute Gasteiger partial charge is 0.454 e. The molecule has 0 spiro atoms. The number of rotatable bonds is 8. The molecule has 7 aromatic heterocycles. The van der Waals surface area contributed by atoms with Crippen molar-refractivity contribution < 1.29 is 4.42 Å². The summed E-state index contributed by atoms with van der Waals surface area (Å²) in [5.74, 6) is 2.05. The third-order valence-electron chi connectivity index (χ3n) is 28.1. The van der Waals surface area contributed by atoms with Crippen molar-refractivity contribution in [1.29, 1.82) is 0 Å². The summed E-state index contributed by atoms with van der Waals surface area (Å²) in [5, 5.41) is 32.4. The van der Waals surface area contributed by atoms with Gasteiger partial charge in [0.05, 0.1) is 61.2 Å². The Morgan fingerprint density at radius 1 is 0.181 bits per heavy atom. The second kappa shape index (κ2) is 31.5. The second-order valence-electron chi connectivity index (χ2n) is 35.7. The van der Waals surface area contributed by atoms with Gasteiger partial charge in [-0.15, -0.1) is 0 Å². The highest BCUT2D eigenvalue weighted by Gasteiger charge is 2.29. The molecule has 0 aliphatic heterocycles. The summed E-state index contributed by atoms with van der Waals surface area (Å²) in [5.41, 5.74) is 21.5. The molecule has 0 aliphatic rings. The van der Waals surface area contributed by atoms with Crippen LogP contribution in [0.5, 0.6) is 0 Å². The SMILES string of the molecule is c1cc(-c2nc(-c3cccc4ccccc34)c3ccccc3n2)cc(-n2c3ccc4ccccc4c3c3c4ccccc4ccc32)c1.c1ccc(-c2nc(-n3c4ccc5ccccc5c4c4c5ccccc5c5c6ccccc6oc5c43)nc3ccccc23)cc1.c1ccc2cc(-c3nc(-c4ccc(-n5c6ccc7ccccc7c6c6c7ccccc7ccc65)cc4)nc4ccccc34)ccc2c1. The number of hydrogen-bond acceptors (Lipinski definition) is 7. The molecule has 0 radical (unpaired) electrons. The first-order chi connectivity index (χ1) is 68.5. The Bertz CT molecular complexity index is 10200. The maximum Gasteiger partial charge on any atom is 0.235 e. The van der Waals surface area contributed by atoms with Crippen molar-refractivity contribution in [3.8, 4) is 73.9 Å². The highest BCUT2D eigenvalue weighted by Crippen LogP contribution is 2.50. The molecule has 30 rings (SSSR count). The Hall–Kier alpha value is -18.6. The minimum atomic E-state index is 0.620. The lowest BCUT2D eigenvalue weighted by atomic mass is 9.97. The fourth-order valence-corrected chi connectivity index (χ4v) is 21.9. The summed E-state index contributed by atoms with van der Waals surface area (Å²) in [6.07, 6.45) is 0. The van der Waals surface area contributed by atoms with Crippen molar-refractivity contribution in [2.75, 3.05) is 0 Å². The lowest BCUT2D eigenvalue weighted by Gasteiger charge is -2.13. The van der Waals surface area contributed by atoms with Gasteiger partial charge in [0.1, 0.15) is 11.1 Å². The Morgan fingerprint density at radius 3 is 1.09 bits per heavy atom. The lowest BCUT2D eigenvalue weighted by molar-refractivity contribution is 0.671. The topological polar surface area (TPSA) is 105 Å². The molecule has 7 heterocycles. The molecule has 0 saturated heterocycles. The summed E-state index contributed by atoms with van der Waals surface area (Å²) < 4.78 is 13.8. The van der Waals surface area contributed by atoms with Gasteiger partial charge in [0.2, 0.25) is 5.95 Å². The molecule has 0 fully saturated rings. The van der Waals surface area contributed by atoms with E-state index in [4.69, 9.17) is 34.3 Å². The average molecular weight is 1760 g/mol. The standard InChI is InChI=1S/2C44H27N3.C40H23N3O/c1-4-17-33-28(11-1)14-10-21-36(33)43-37-20-7-8-22-38(37)45-44(46-43)31-15-9-16-32(27-31)47-39-25-23-29-12-2-5-18-34(29)41(39)42-35-19-6-3-13-30(35)24-26-40(42)47;1-2-12-32-27-33(18-17-28(32)9-1)43-37-15-7-8-16-38(37)45-44(46-43)31-19-23-34(24-20-31)47-39-25-21-29-10-3-5-13-35(29)41(39)42-36-14-6-4-11-30(36)22-26-40(42)47;1-2-13-25(14-3-1)37-29-18-8-10-20-31(29)41-40(42-37)43-32-23-22-24-12-4-5-15-26(24)35(32)36-28-17-7-6-16-27(28)34-30-19-9-11-21-33(30)44-39(34)38(36)43/h2*1-27H;1-23H. The van der Waals surface area contributed by atoms with Crippen LogP contribution >= 0.6 is 0 Å². The van der Waals surface area contributed by atoms with E-state index in [-0.39, 0.29) is 0 Å². The van der Waals surface area contributed by atoms with Crippen LogP contribution in [0.1, 0.15) is 0 Å². The van der Waals surface area contributed by atoms with Gasteiger partial charge in [-0.3, -0.25) is 4.57 Å². The van der Waals surface area contributed by atoms with Gasteiger partial charge in [-0.05, 0) is 183 Å². The maximum atomic E-state index is 6.80. The van der Waals surface area contributed by atoms with Gasteiger partial charge in [0.15, 0.2) is 17.2 Å². The van der Waals surface area contributed by atoms with Gasteiger partial charge in [-0.1, -0.05) is 370 Å². The van der Waals surface area contributed by atoms with Gasteiger partial charge in [-0.2, -0.15) is 0 Å². The van der Waals surface area contributed by atoms with Crippen LogP contribution in [0.2, 0.25) is 0 Å². The molecule has 30 aromatic rings. The number of fused-ring (bicyclic) bond motifs is 31. The predicted molar refractivity (Wildman–Crippen MR) is 576 cm³/mol. The second-order valence-corrected chi connectivity index (χ2v) is 35.7. The normalized spacial score (nSPS) is 11.9. The Kier molecular flexibility index (Phi) is 17.8. The first-order valence-corrected chi connectivity index (χ1v) is 46.9. The van der Waals surface area contributed by atoms with Crippen molar-refractivity contribution in [1.82, 2.24) is 43.6 Å². The van der Waals surface area contributed by atoms with E-state index in [0.29, 0.717) is 11.8 Å². The Morgan fingerprint density at radius 2 is 0.543 bits per heavy atom. The van der Waals surface area contributed by atoms with Gasteiger partial charge in [0, 0.05) is 98.4 Å². The first kappa shape index (κ1) is 78.1. The van der Waals surface area contributed by atoms with E-state index in [1.807, 2.05) is 24.3 Å². The van der Waals surface area contributed by atoms with Crippen molar-refractivity contribution in [3.63, 3.8) is 0 Å². The quantitative estimate of drug-likeness (QED) is 0.149. The van der Waals surface area contributed by atoms with Crippen molar-refractivity contribution in [2.24, 2.45) is 0 Å². The van der Waals surface area contributed by atoms with Crippen LogP contribution in [0.3, 0.4) is 0 Å². The highest BCUT2D eigenvalue weighted by molar-refractivity contribution is 6.38. The van der Waals surface area contributed by atoms with Crippen molar-refractivity contribution >= 4 is 206 Å². The maximum absolute atomic E-state index is 6.80. The number of nitrogens with zero attached hydrogens (tertiary/aromatic N) is 9. The number of benzene rings is 23. The summed E-state index contributed by atoms with van der Waals surface area (Å²) in [6, 6.07) is 166. The van der Waals surface area contributed by atoms with Crippen molar-refractivity contribution in [3.05, 3.63) is 467 Å². The number of aromatic nitrogens is 9. The summed E-state index contributed by atoms with van der Waals surface area (Å²) in [6.45, 7) is 0. The third kappa shape index (κ3) is 12.4. The van der Waals surface area contributed by atoms with Crippen molar-refractivity contribution in [2.45, 2.75) is 0 Å². The van der Waals surface area contributed by atoms with Gasteiger partial charge in [-0.25, -0.2) is 29.9 Å². The van der Waals surface area contributed by atoms with Crippen LogP contribution < -0.4 is 0 Å². The minimum Gasteiger partial charge on any atom is -0.454 e. The monoisotopic (exact) mass is 1760 g/mol. The van der Waals surface area contributed by atoms with Gasteiger partial charge in [0.25, 0.3) is 0 Å². The van der Waals surface area contributed by atoms with Crippen LogP contribution in [0, 0.1) is 0 Å². The fraction of sp³-hybridized carbons (Fsp3) is 0. The van der Waals surface area contributed by atoms with E-state index >= 15 is 0 Å².